The molecule has 1 atom stereocenters. The molecular weight excluding hydrogens is 608 g/mol. The van der Waals surface area contributed by atoms with E-state index in [4.69, 9.17) is 9.47 Å². The van der Waals surface area contributed by atoms with E-state index >= 15 is 0 Å². The second kappa shape index (κ2) is 14.3. The highest BCUT2D eigenvalue weighted by molar-refractivity contribution is 5.81. The lowest BCUT2D eigenvalue weighted by Gasteiger charge is -2.32. The third kappa shape index (κ3) is 7.44. The van der Waals surface area contributed by atoms with E-state index in [9.17, 15) is 19.7 Å². The van der Waals surface area contributed by atoms with Crippen LogP contribution in [0, 0.1) is 10.1 Å². The van der Waals surface area contributed by atoms with Gasteiger partial charge in [-0.25, -0.2) is 18.7 Å². The summed E-state index contributed by atoms with van der Waals surface area (Å²) < 4.78 is 14.7. The molecule has 1 heterocycles. The Labute approximate surface area is 279 Å². The number of nitrogens with one attached hydrogen (secondary N) is 1. The van der Waals surface area contributed by atoms with Crippen molar-refractivity contribution >= 4 is 17.7 Å². The molecule has 0 spiro atoms. The second-order valence-electron chi connectivity index (χ2n) is 12.4. The lowest BCUT2D eigenvalue weighted by atomic mass is 9.77. The van der Waals surface area contributed by atoms with Crippen LogP contribution < -0.4 is 9.88 Å². The number of hydrogen-bond donors (Lipinski definition) is 1. The first-order chi connectivity index (χ1) is 23.0. The molecule has 1 N–H and O–H groups in total. The van der Waals surface area contributed by atoms with E-state index in [0.29, 0.717) is 12.2 Å². The van der Waals surface area contributed by atoms with Gasteiger partial charge in [0.05, 0.1) is 12.0 Å². The summed E-state index contributed by atoms with van der Waals surface area (Å²) in [6.07, 6.45) is 3.28. The number of aromatic nitrogens is 2. The molecule has 1 aromatic heterocycles. The number of nitro groups is 1. The first-order valence-corrected chi connectivity index (χ1v) is 15.6. The topological polar surface area (TPSA) is 117 Å². The van der Waals surface area contributed by atoms with Gasteiger partial charge in [0.2, 0.25) is 6.33 Å². The Hall–Kier alpha value is -5.77. The maximum absolute atomic E-state index is 13.1. The zero-order valence-electron chi connectivity index (χ0n) is 27.4. The van der Waals surface area contributed by atoms with Crippen LogP contribution in [0.3, 0.4) is 0 Å². The van der Waals surface area contributed by atoms with Gasteiger partial charge in [-0.15, -0.1) is 0 Å². The molecule has 4 aromatic carbocycles. The molecular formula is C38H39N4O6+. The number of esters is 1. The number of nitro benzene ring substituents is 1. The molecule has 0 saturated carbocycles. The van der Waals surface area contributed by atoms with Gasteiger partial charge in [-0.3, -0.25) is 10.1 Å². The van der Waals surface area contributed by atoms with Crippen LogP contribution in [0.4, 0.5) is 10.5 Å². The Morgan fingerprint density at radius 3 is 1.77 bits per heavy atom. The number of benzene rings is 4. The minimum atomic E-state index is -1.07. The molecule has 0 aliphatic rings. The first-order valence-electron chi connectivity index (χ1n) is 15.6. The van der Waals surface area contributed by atoms with E-state index in [0.717, 1.165) is 22.3 Å². The van der Waals surface area contributed by atoms with E-state index in [-0.39, 0.29) is 12.1 Å². The third-order valence-corrected chi connectivity index (χ3v) is 7.97. The minimum absolute atomic E-state index is 0.00916. The van der Waals surface area contributed by atoms with Gasteiger partial charge in [0.1, 0.15) is 30.1 Å². The zero-order chi connectivity index (χ0) is 34.3. The highest BCUT2D eigenvalue weighted by Gasteiger charge is 2.44. The van der Waals surface area contributed by atoms with Gasteiger partial charge in [-0.1, -0.05) is 91.0 Å². The molecule has 10 heteroatoms. The number of nitrogens with zero attached hydrogens (tertiary/aromatic N) is 3. The van der Waals surface area contributed by atoms with E-state index in [1.807, 2.05) is 71.7 Å². The van der Waals surface area contributed by atoms with Gasteiger partial charge in [-0.2, -0.15) is 0 Å². The van der Waals surface area contributed by atoms with E-state index in [1.54, 1.807) is 32.9 Å². The normalized spacial score (nSPS) is 12.2. The Morgan fingerprint density at radius 1 is 0.833 bits per heavy atom. The number of imidazole rings is 1. The van der Waals surface area contributed by atoms with Crippen LogP contribution in [-0.2, 0) is 32.8 Å². The lowest BCUT2D eigenvalue weighted by Crippen LogP contribution is -2.57. The molecule has 1 amide bonds. The summed E-state index contributed by atoms with van der Waals surface area (Å²) in [5.41, 5.74) is 2.89. The minimum Gasteiger partial charge on any atom is -0.467 e. The summed E-state index contributed by atoms with van der Waals surface area (Å²) in [6, 6.07) is 35.7. The predicted molar refractivity (Wildman–Crippen MR) is 180 cm³/mol. The number of carbonyl (C=O) groups is 2. The Kier molecular flexibility index (Phi) is 10.0. The van der Waals surface area contributed by atoms with Crippen LogP contribution in [0.15, 0.2) is 128 Å². The number of carbonyl (C=O) groups excluding carboxylic acids is 2. The van der Waals surface area contributed by atoms with Crippen LogP contribution in [0.1, 0.15) is 48.7 Å². The Morgan fingerprint density at radius 2 is 1.33 bits per heavy atom. The average Bonchev–Trinajstić information content (AvgIpc) is 3.47. The molecule has 246 valence electrons. The fourth-order valence-corrected chi connectivity index (χ4v) is 5.89. The fourth-order valence-electron chi connectivity index (χ4n) is 5.89. The van der Waals surface area contributed by atoms with Gasteiger partial charge in [-0.05, 0) is 38.5 Å². The van der Waals surface area contributed by atoms with Crippen LogP contribution in [-0.4, -0.2) is 40.3 Å². The number of amides is 1. The highest BCUT2D eigenvalue weighted by atomic mass is 16.6. The smallest absolute Gasteiger partial charge is 0.408 e. The number of rotatable bonds is 11. The maximum Gasteiger partial charge on any atom is 0.408 e. The van der Waals surface area contributed by atoms with Crippen LogP contribution >= 0.6 is 0 Å². The number of methoxy groups -OCH3 is 1. The van der Waals surface area contributed by atoms with Crippen molar-refractivity contribution in [3.63, 3.8) is 0 Å². The van der Waals surface area contributed by atoms with Crippen LogP contribution in [0.5, 0.6) is 0 Å². The molecule has 0 saturated heterocycles. The molecule has 5 rings (SSSR count). The van der Waals surface area contributed by atoms with E-state index in [2.05, 4.69) is 46.3 Å². The van der Waals surface area contributed by atoms with Crippen molar-refractivity contribution in [3.8, 4) is 0 Å². The quantitative estimate of drug-likeness (QED) is 0.0602. The SMILES string of the molecule is COC(=O)[C@H](Cc1c[n+](C(c2ccccc2)(c2ccccc2)c2ccccc2)cn1Cc1ccc([N+](=O)[O-])cc1)NC(=O)OC(C)(C)C. The van der Waals surface area contributed by atoms with Gasteiger partial charge in [0.25, 0.3) is 5.69 Å². The van der Waals surface area contributed by atoms with Crippen molar-refractivity contribution < 1.29 is 28.6 Å². The molecule has 0 bridgehead atoms. The number of non-ortho nitro benzene ring substituents is 1. The molecule has 0 aliphatic heterocycles. The van der Waals surface area contributed by atoms with Crippen LogP contribution in [0.25, 0.3) is 0 Å². The summed E-state index contributed by atoms with van der Waals surface area (Å²) in [6.45, 7) is 5.56. The standard InChI is InChI=1S/C38H38N4O6/c1-37(2,3)48-36(44)39-34(35(43)47-4)24-33-26-41(27-40(33)25-28-20-22-32(23-21-28)42(45)46)38(29-14-8-5-9-15-29,30-16-10-6-11-17-30)31-18-12-7-13-19-31/h5-23,26-27,34H,24-25H2,1-4H3/p+1/t34-/m0/s1. The van der Waals surface area contributed by atoms with E-state index in [1.165, 1.54) is 19.2 Å². The predicted octanol–water partition coefficient (Wildman–Crippen LogP) is 6.18. The van der Waals surface area contributed by atoms with Crippen molar-refractivity contribution in [2.75, 3.05) is 7.11 Å². The van der Waals surface area contributed by atoms with Gasteiger partial charge in [0, 0.05) is 35.2 Å². The van der Waals surface area contributed by atoms with Crippen molar-refractivity contribution in [3.05, 3.63) is 166 Å². The van der Waals surface area contributed by atoms with Crippen molar-refractivity contribution in [1.29, 1.82) is 0 Å². The average molecular weight is 648 g/mol. The third-order valence-electron chi connectivity index (χ3n) is 7.97. The number of hydrogen-bond acceptors (Lipinski definition) is 6. The van der Waals surface area contributed by atoms with Gasteiger partial charge < -0.3 is 14.8 Å². The number of ether oxygens (including phenoxy) is 2. The molecule has 0 aliphatic carbocycles. The monoisotopic (exact) mass is 647 g/mol. The maximum atomic E-state index is 13.1. The highest BCUT2D eigenvalue weighted by Crippen LogP contribution is 2.36. The molecule has 48 heavy (non-hydrogen) atoms. The summed E-state index contributed by atoms with van der Waals surface area (Å²) in [5, 5.41) is 14.0. The van der Waals surface area contributed by atoms with E-state index < -0.39 is 34.2 Å². The largest absolute Gasteiger partial charge is 0.467 e. The second-order valence-corrected chi connectivity index (χ2v) is 12.4. The zero-order valence-corrected chi connectivity index (χ0v) is 27.4. The van der Waals surface area contributed by atoms with Gasteiger partial charge >= 0.3 is 12.1 Å². The lowest BCUT2D eigenvalue weighted by molar-refractivity contribution is -0.734. The summed E-state index contributed by atoms with van der Waals surface area (Å²) in [5.74, 6) is -0.629. The fraction of sp³-hybridized carbons (Fsp3) is 0.237. The molecule has 10 nitrogen and oxygen atoms in total. The van der Waals surface area contributed by atoms with Gasteiger partial charge in [0.15, 0.2) is 5.54 Å². The summed E-state index contributed by atoms with van der Waals surface area (Å²) >= 11 is 0. The molecule has 0 unspecified atom stereocenters. The molecule has 5 aromatic rings. The van der Waals surface area contributed by atoms with Crippen molar-refractivity contribution in [2.45, 2.75) is 50.9 Å². The molecule has 0 fully saturated rings. The molecule has 0 radical (unpaired) electrons. The van der Waals surface area contributed by atoms with Crippen molar-refractivity contribution in [1.82, 2.24) is 9.88 Å². The van der Waals surface area contributed by atoms with Crippen molar-refractivity contribution in [2.24, 2.45) is 0 Å². The summed E-state index contributed by atoms with van der Waals surface area (Å²) in [4.78, 5) is 36.8. The Balaban J connectivity index is 1.71. The summed E-state index contributed by atoms with van der Waals surface area (Å²) in [7, 11) is 1.27. The van der Waals surface area contributed by atoms with Crippen LogP contribution in [0.2, 0.25) is 0 Å². The number of alkyl carbamates (subject to hydrolysis) is 1. The first kappa shape index (κ1) is 33.6. The Bertz CT molecular complexity index is 1750.